The summed E-state index contributed by atoms with van der Waals surface area (Å²) in [5.41, 5.74) is 1.73. The molecule has 6 heteroatoms. The number of carbonyl (C=O) groups excluding carboxylic acids is 1. The molecule has 0 saturated heterocycles. The summed E-state index contributed by atoms with van der Waals surface area (Å²) < 4.78 is 6.32. The van der Waals surface area contributed by atoms with Gasteiger partial charge >= 0.3 is 5.97 Å². The fourth-order valence-corrected chi connectivity index (χ4v) is 1.70. The molecule has 0 unspecified atom stereocenters. The van der Waals surface area contributed by atoms with E-state index in [4.69, 9.17) is 16.3 Å². The Morgan fingerprint density at radius 3 is 3.06 bits per heavy atom. The Bertz CT molecular complexity index is 550. The minimum Gasteiger partial charge on any atom is -0.462 e. The van der Waals surface area contributed by atoms with E-state index in [-0.39, 0.29) is 5.28 Å². The van der Waals surface area contributed by atoms with Crippen molar-refractivity contribution in [1.82, 2.24) is 14.6 Å². The first-order valence-corrected chi connectivity index (χ1v) is 5.19. The first-order valence-electron chi connectivity index (χ1n) is 4.81. The predicted molar refractivity (Wildman–Crippen MR) is 58.7 cm³/mol. The molecule has 0 radical (unpaired) electrons. The zero-order valence-corrected chi connectivity index (χ0v) is 9.65. The Morgan fingerprint density at radius 2 is 2.38 bits per heavy atom. The van der Waals surface area contributed by atoms with E-state index < -0.39 is 5.97 Å². The van der Waals surface area contributed by atoms with Crippen molar-refractivity contribution >= 4 is 23.1 Å². The SMILES string of the molecule is CCOC(=O)c1cnn2c(Cl)nc(C)cc12. The van der Waals surface area contributed by atoms with Crippen molar-refractivity contribution in [2.24, 2.45) is 0 Å². The van der Waals surface area contributed by atoms with Gasteiger partial charge in [-0.05, 0) is 31.5 Å². The van der Waals surface area contributed by atoms with Crippen LogP contribution in [0.3, 0.4) is 0 Å². The second-order valence-electron chi connectivity index (χ2n) is 3.24. The maximum atomic E-state index is 11.6. The highest BCUT2D eigenvalue weighted by atomic mass is 35.5. The molecule has 0 spiro atoms. The minimum absolute atomic E-state index is 0.227. The molecule has 5 nitrogen and oxygen atoms in total. The molecule has 0 saturated carbocycles. The molecule has 2 aromatic heterocycles. The first-order chi connectivity index (χ1) is 7.63. The van der Waals surface area contributed by atoms with Gasteiger partial charge in [0.2, 0.25) is 5.28 Å². The molecule has 0 atom stereocenters. The molecule has 2 rings (SSSR count). The van der Waals surface area contributed by atoms with E-state index >= 15 is 0 Å². The van der Waals surface area contributed by atoms with Crippen molar-refractivity contribution in [2.75, 3.05) is 6.61 Å². The number of hydrogen-bond acceptors (Lipinski definition) is 4. The van der Waals surface area contributed by atoms with E-state index in [2.05, 4.69) is 10.1 Å². The lowest BCUT2D eigenvalue weighted by Gasteiger charge is -2.01. The molecule has 0 bridgehead atoms. The number of nitrogens with zero attached hydrogens (tertiary/aromatic N) is 3. The maximum Gasteiger partial charge on any atom is 0.341 e. The van der Waals surface area contributed by atoms with Crippen LogP contribution in [0.15, 0.2) is 12.3 Å². The molecule has 0 amide bonds. The van der Waals surface area contributed by atoms with Gasteiger partial charge < -0.3 is 4.74 Å². The topological polar surface area (TPSA) is 56.5 Å². The molecule has 0 aliphatic carbocycles. The van der Waals surface area contributed by atoms with Crippen LogP contribution in [-0.2, 0) is 4.74 Å². The normalized spacial score (nSPS) is 10.7. The molecule has 2 aromatic rings. The van der Waals surface area contributed by atoms with Gasteiger partial charge in [-0.3, -0.25) is 0 Å². The molecular weight excluding hydrogens is 230 g/mol. The number of carbonyl (C=O) groups is 1. The summed E-state index contributed by atoms with van der Waals surface area (Å²) in [5, 5.41) is 4.21. The molecular formula is C10H10ClN3O2. The van der Waals surface area contributed by atoms with Crippen molar-refractivity contribution in [3.8, 4) is 0 Å². The van der Waals surface area contributed by atoms with Crippen LogP contribution in [0, 0.1) is 6.92 Å². The Hall–Kier alpha value is -1.62. The number of aromatic nitrogens is 3. The van der Waals surface area contributed by atoms with Crippen LogP contribution in [0.2, 0.25) is 5.28 Å². The lowest BCUT2D eigenvalue weighted by atomic mass is 10.2. The summed E-state index contributed by atoms with van der Waals surface area (Å²) in [5.74, 6) is -0.404. The molecule has 16 heavy (non-hydrogen) atoms. The zero-order chi connectivity index (χ0) is 11.7. The van der Waals surface area contributed by atoms with E-state index in [1.165, 1.54) is 10.7 Å². The van der Waals surface area contributed by atoms with Crippen LogP contribution in [0.5, 0.6) is 0 Å². The third-order valence-electron chi connectivity index (χ3n) is 2.09. The summed E-state index contributed by atoms with van der Waals surface area (Å²) in [6.07, 6.45) is 1.43. The second kappa shape index (κ2) is 4.09. The van der Waals surface area contributed by atoms with Crippen molar-refractivity contribution in [1.29, 1.82) is 0 Å². The van der Waals surface area contributed by atoms with Crippen molar-refractivity contribution in [3.63, 3.8) is 0 Å². The smallest absolute Gasteiger partial charge is 0.341 e. The lowest BCUT2D eigenvalue weighted by Crippen LogP contribution is -2.04. The largest absolute Gasteiger partial charge is 0.462 e. The maximum absolute atomic E-state index is 11.6. The summed E-state index contributed by atoms with van der Waals surface area (Å²) in [7, 11) is 0. The number of hydrogen-bond donors (Lipinski definition) is 0. The van der Waals surface area contributed by atoms with Crippen molar-refractivity contribution in [2.45, 2.75) is 13.8 Å². The average molecular weight is 240 g/mol. The molecule has 0 aliphatic heterocycles. The van der Waals surface area contributed by atoms with Crippen molar-refractivity contribution in [3.05, 3.63) is 28.8 Å². The van der Waals surface area contributed by atoms with E-state index in [0.717, 1.165) is 5.69 Å². The summed E-state index contributed by atoms with van der Waals surface area (Å²) >= 11 is 5.89. The third-order valence-corrected chi connectivity index (χ3v) is 2.34. The lowest BCUT2D eigenvalue weighted by molar-refractivity contribution is 0.0528. The molecule has 0 N–H and O–H groups in total. The molecule has 84 valence electrons. The van der Waals surface area contributed by atoms with Crippen LogP contribution >= 0.6 is 11.6 Å². The van der Waals surface area contributed by atoms with E-state index in [1.807, 2.05) is 0 Å². The van der Waals surface area contributed by atoms with Gasteiger partial charge in [0, 0.05) is 5.69 Å². The van der Waals surface area contributed by atoms with Crippen LogP contribution in [0.4, 0.5) is 0 Å². The number of rotatable bonds is 2. The van der Waals surface area contributed by atoms with E-state index in [0.29, 0.717) is 17.7 Å². The first kappa shape index (κ1) is 10.9. The van der Waals surface area contributed by atoms with Gasteiger partial charge in [-0.1, -0.05) is 0 Å². The highest BCUT2D eigenvalue weighted by Crippen LogP contribution is 2.16. The highest BCUT2D eigenvalue weighted by Gasteiger charge is 2.15. The molecule has 0 aromatic carbocycles. The summed E-state index contributed by atoms with van der Waals surface area (Å²) in [6, 6.07) is 1.74. The fourth-order valence-electron chi connectivity index (χ4n) is 1.43. The number of esters is 1. The molecule has 0 aliphatic rings. The summed E-state index contributed by atoms with van der Waals surface area (Å²) in [4.78, 5) is 15.6. The fraction of sp³-hybridized carbons (Fsp3) is 0.300. The molecule has 0 fully saturated rings. The van der Waals surface area contributed by atoms with Gasteiger partial charge in [-0.25, -0.2) is 14.3 Å². The third kappa shape index (κ3) is 1.74. The standard InChI is InChI=1S/C10H10ClN3O2/c1-3-16-9(15)7-5-12-14-8(7)4-6(2)13-10(14)11/h4-5H,3H2,1-2H3. The Kier molecular flexibility index (Phi) is 2.78. The molecule has 2 heterocycles. The van der Waals surface area contributed by atoms with Gasteiger partial charge in [0.1, 0.15) is 5.56 Å². The number of aryl methyl sites for hydroxylation is 1. The quantitative estimate of drug-likeness (QED) is 0.593. The van der Waals surface area contributed by atoms with E-state index in [9.17, 15) is 4.79 Å². The predicted octanol–water partition coefficient (Wildman–Crippen LogP) is 1.87. The van der Waals surface area contributed by atoms with Crippen LogP contribution in [0.1, 0.15) is 23.0 Å². The number of ether oxygens (including phenoxy) is 1. The van der Waals surface area contributed by atoms with Crippen LogP contribution < -0.4 is 0 Å². The highest BCUT2D eigenvalue weighted by molar-refractivity contribution is 6.28. The van der Waals surface area contributed by atoms with Gasteiger partial charge in [0.05, 0.1) is 18.3 Å². The number of fused-ring (bicyclic) bond motifs is 1. The van der Waals surface area contributed by atoms with Crippen LogP contribution in [0.25, 0.3) is 5.52 Å². The average Bonchev–Trinajstić information content (AvgIpc) is 2.61. The monoisotopic (exact) mass is 239 g/mol. The number of halogens is 1. The van der Waals surface area contributed by atoms with Gasteiger partial charge in [-0.2, -0.15) is 5.10 Å². The Morgan fingerprint density at radius 1 is 1.62 bits per heavy atom. The second-order valence-corrected chi connectivity index (χ2v) is 3.58. The van der Waals surface area contributed by atoms with Crippen molar-refractivity contribution < 1.29 is 9.53 Å². The van der Waals surface area contributed by atoms with E-state index in [1.54, 1.807) is 19.9 Å². The van der Waals surface area contributed by atoms with Gasteiger partial charge in [0.25, 0.3) is 0 Å². The Labute approximate surface area is 97.0 Å². The summed E-state index contributed by atoms with van der Waals surface area (Å²) in [6.45, 7) is 3.88. The Balaban J connectivity index is 2.60. The van der Waals surface area contributed by atoms with Gasteiger partial charge in [0.15, 0.2) is 0 Å². The minimum atomic E-state index is -0.404. The van der Waals surface area contributed by atoms with Gasteiger partial charge in [-0.15, -0.1) is 0 Å². The zero-order valence-electron chi connectivity index (χ0n) is 8.90. The van der Waals surface area contributed by atoms with Crippen LogP contribution in [-0.4, -0.2) is 27.2 Å².